The molecule has 1 amide bonds. The van der Waals surface area contributed by atoms with Crippen molar-refractivity contribution in [1.29, 1.82) is 0 Å². The van der Waals surface area contributed by atoms with E-state index in [0.29, 0.717) is 5.16 Å². The quantitative estimate of drug-likeness (QED) is 0.704. The van der Waals surface area contributed by atoms with Crippen LogP contribution in [-0.4, -0.2) is 41.1 Å². The van der Waals surface area contributed by atoms with Crippen molar-refractivity contribution in [2.75, 3.05) is 5.32 Å². The van der Waals surface area contributed by atoms with Gasteiger partial charge in [-0.2, -0.15) is 9.78 Å². The summed E-state index contributed by atoms with van der Waals surface area (Å²) in [6.45, 7) is 5.62. The van der Waals surface area contributed by atoms with Gasteiger partial charge in [0.2, 0.25) is 11.1 Å². The Kier molecular flexibility index (Phi) is 4.84. The van der Waals surface area contributed by atoms with Gasteiger partial charge in [-0.1, -0.05) is 30.0 Å². The van der Waals surface area contributed by atoms with E-state index < -0.39 is 0 Å². The van der Waals surface area contributed by atoms with Gasteiger partial charge in [-0.15, -0.1) is 5.10 Å². The summed E-state index contributed by atoms with van der Waals surface area (Å²) in [6.07, 6.45) is 0. The van der Waals surface area contributed by atoms with E-state index in [1.54, 1.807) is 9.36 Å². The molecule has 1 N–H and O–H groups in total. The molecular weight excluding hydrogens is 338 g/mol. The number of benzene rings is 1. The number of amides is 1. The Morgan fingerprint density at radius 3 is 2.60 bits per heavy atom. The number of aryl methyl sites for hydroxylation is 2. The first kappa shape index (κ1) is 17.2. The lowest BCUT2D eigenvalue weighted by Gasteiger charge is -2.12. The molecule has 0 fully saturated rings. The van der Waals surface area contributed by atoms with Crippen LogP contribution in [0.3, 0.4) is 0 Å². The Morgan fingerprint density at radius 2 is 1.96 bits per heavy atom. The summed E-state index contributed by atoms with van der Waals surface area (Å²) in [7, 11) is 1.85. The fraction of sp³-hybridized carbons (Fsp3) is 0.312. The van der Waals surface area contributed by atoms with Gasteiger partial charge in [-0.3, -0.25) is 9.48 Å². The molecule has 0 aliphatic carbocycles. The van der Waals surface area contributed by atoms with Crippen molar-refractivity contribution >= 4 is 23.4 Å². The van der Waals surface area contributed by atoms with Crippen LogP contribution in [0.25, 0.3) is 5.69 Å². The minimum Gasteiger partial charge on any atom is -0.322 e. The van der Waals surface area contributed by atoms with Crippen molar-refractivity contribution in [3.05, 3.63) is 41.7 Å². The predicted octanol–water partition coefficient (Wildman–Crippen LogP) is 2.13. The Balaban J connectivity index is 1.74. The third kappa shape index (κ3) is 3.55. The van der Waals surface area contributed by atoms with E-state index in [1.807, 2.05) is 58.2 Å². The highest BCUT2D eigenvalue weighted by Gasteiger charge is 2.21. The molecule has 9 heteroatoms. The largest absolute Gasteiger partial charge is 0.322 e. The lowest BCUT2D eigenvalue weighted by atomic mass is 10.3. The average molecular weight is 357 g/mol. The van der Waals surface area contributed by atoms with Crippen molar-refractivity contribution < 1.29 is 4.79 Å². The molecule has 8 nitrogen and oxygen atoms in total. The second kappa shape index (κ2) is 7.06. The fourth-order valence-electron chi connectivity index (χ4n) is 2.37. The van der Waals surface area contributed by atoms with E-state index in [1.165, 1.54) is 11.8 Å². The maximum absolute atomic E-state index is 12.6. The Bertz CT molecular complexity index is 887. The minimum absolute atomic E-state index is 0.119. The second-order valence-corrected chi connectivity index (χ2v) is 6.94. The van der Waals surface area contributed by atoms with Gasteiger partial charge >= 0.3 is 0 Å². The standard InChI is InChI=1S/C16H19N7OS/c1-10-14(11(2)22(4)19-10)17-15(24)12(3)25-16-18-20-21-23(16)13-8-6-5-7-9-13/h5-9,12H,1-4H3,(H,17,24)/t12-/m1/s1. The van der Waals surface area contributed by atoms with Crippen LogP contribution < -0.4 is 5.32 Å². The fourth-order valence-corrected chi connectivity index (χ4v) is 3.18. The first-order chi connectivity index (χ1) is 12.0. The van der Waals surface area contributed by atoms with Gasteiger partial charge < -0.3 is 5.32 Å². The molecule has 25 heavy (non-hydrogen) atoms. The number of carbonyl (C=O) groups is 1. The van der Waals surface area contributed by atoms with E-state index in [2.05, 4.69) is 25.9 Å². The molecule has 0 aliphatic rings. The molecule has 2 heterocycles. The SMILES string of the molecule is Cc1nn(C)c(C)c1NC(=O)[C@@H](C)Sc1nnnn1-c1ccccc1. The normalized spacial score (nSPS) is 12.2. The maximum Gasteiger partial charge on any atom is 0.237 e. The van der Waals surface area contributed by atoms with Crippen LogP contribution in [0.4, 0.5) is 5.69 Å². The van der Waals surface area contributed by atoms with Gasteiger partial charge in [-0.25, -0.2) is 0 Å². The molecule has 0 saturated heterocycles. The molecule has 0 unspecified atom stereocenters. The molecule has 0 saturated carbocycles. The van der Waals surface area contributed by atoms with Crippen LogP contribution in [-0.2, 0) is 11.8 Å². The van der Waals surface area contributed by atoms with E-state index >= 15 is 0 Å². The van der Waals surface area contributed by atoms with Gasteiger partial charge in [0.1, 0.15) is 0 Å². The van der Waals surface area contributed by atoms with Gasteiger partial charge in [0.15, 0.2) is 0 Å². The summed E-state index contributed by atoms with van der Waals surface area (Å²) >= 11 is 1.31. The Labute approximate surface area is 149 Å². The van der Waals surface area contributed by atoms with Gasteiger partial charge in [-0.05, 0) is 43.3 Å². The highest BCUT2D eigenvalue weighted by atomic mass is 32.2. The lowest BCUT2D eigenvalue weighted by molar-refractivity contribution is -0.115. The molecule has 0 bridgehead atoms. The van der Waals surface area contributed by atoms with Crippen molar-refractivity contribution in [3.63, 3.8) is 0 Å². The number of thioether (sulfide) groups is 1. The predicted molar refractivity (Wildman–Crippen MR) is 95.8 cm³/mol. The number of nitrogens with one attached hydrogen (secondary N) is 1. The Morgan fingerprint density at radius 1 is 1.24 bits per heavy atom. The van der Waals surface area contributed by atoms with E-state index in [-0.39, 0.29) is 11.2 Å². The minimum atomic E-state index is -0.368. The zero-order valence-electron chi connectivity index (χ0n) is 14.5. The molecule has 3 aromatic rings. The zero-order valence-corrected chi connectivity index (χ0v) is 15.3. The average Bonchev–Trinajstić information content (AvgIpc) is 3.15. The van der Waals surface area contributed by atoms with E-state index in [9.17, 15) is 4.79 Å². The summed E-state index contributed by atoms with van der Waals surface area (Å²) in [4.78, 5) is 12.6. The van der Waals surface area contributed by atoms with Crippen LogP contribution in [0.1, 0.15) is 18.3 Å². The first-order valence-corrected chi connectivity index (χ1v) is 8.67. The summed E-state index contributed by atoms with van der Waals surface area (Å²) in [6, 6.07) is 9.57. The number of para-hydroxylation sites is 1. The number of hydrogen-bond acceptors (Lipinski definition) is 6. The molecule has 3 rings (SSSR count). The Hall–Kier alpha value is -2.68. The molecule has 1 aromatic carbocycles. The molecular formula is C16H19N7OS. The highest BCUT2D eigenvalue weighted by molar-refractivity contribution is 8.00. The molecule has 2 aromatic heterocycles. The smallest absolute Gasteiger partial charge is 0.237 e. The molecule has 130 valence electrons. The zero-order chi connectivity index (χ0) is 18.0. The summed E-state index contributed by atoms with van der Waals surface area (Å²) in [5, 5.41) is 19.2. The maximum atomic E-state index is 12.6. The van der Waals surface area contributed by atoms with Crippen molar-refractivity contribution in [3.8, 4) is 5.69 Å². The summed E-state index contributed by atoms with van der Waals surface area (Å²) in [5.41, 5.74) is 3.31. The van der Waals surface area contributed by atoms with E-state index in [4.69, 9.17) is 0 Å². The van der Waals surface area contributed by atoms with E-state index in [0.717, 1.165) is 22.8 Å². The number of tetrazole rings is 1. The number of hydrogen-bond donors (Lipinski definition) is 1. The molecule has 0 aliphatic heterocycles. The van der Waals surface area contributed by atoms with Gasteiger partial charge in [0.05, 0.1) is 28.0 Å². The van der Waals surface area contributed by atoms with Crippen molar-refractivity contribution in [2.45, 2.75) is 31.2 Å². The molecule has 1 atom stereocenters. The number of nitrogens with zero attached hydrogens (tertiary/aromatic N) is 6. The number of aromatic nitrogens is 6. The van der Waals surface area contributed by atoms with Crippen molar-refractivity contribution in [1.82, 2.24) is 30.0 Å². The summed E-state index contributed by atoms with van der Waals surface area (Å²) in [5.74, 6) is -0.119. The lowest BCUT2D eigenvalue weighted by Crippen LogP contribution is -2.23. The number of rotatable bonds is 5. The molecule has 0 radical (unpaired) electrons. The molecule has 0 spiro atoms. The monoisotopic (exact) mass is 357 g/mol. The van der Waals surface area contributed by atoms with Crippen LogP contribution >= 0.6 is 11.8 Å². The first-order valence-electron chi connectivity index (χ1n) is 7.79. The van der Waals surface area contributed by atoms with Crippen LogP contribution in [0.5, 0.6) is 0 Å². The number of carbonyl (C=O) groups excluding carboxylic acids is 1. The highest BCUT2D eigenvalue weighted by Crippen LogP contribution is 2.25. The summed E-state index contributed by atoms with van der Waals surface area (Å²) < 4.78 is 3.37. The van der Waals surface area contributed by atoms with Crippen molar-refractivity contribution in [2.24, 2.45) is 7.05 Å². The third-order valence-electron chi connectivity index (χ3n) is 3.85. The van der Waals surface area contributed by atoms with Crippen LogP contribution in [0, 0.1) is 13.8 Å². The van der Waals surface area contributed by atoms with Gasteiger partial charge in [0, 0.05) is 7.05 Å². The second-order valence-electron chi connectivity index (χ2n) is 5.63. The number of anilines is 1. The van der Waals surface area contributed by atoms with Gasteiger partial charge in [0.25, 0.3) is 0 Å². The van der Waals surface area contributed by atoms with Crippen LogP contribution in [0.15, 0.2) is 35.5 Å². The topological polar surface area (TPSA) is 90.5 Å². The van der Waals surface area contributed by atoms with Crippen LogP contribution in [0.2, 0.25) is 0 Å². The third-order valence-corrected chi connectivity index (χ3v) is 4.88.